The molecule has 2 heteroatoms. The monoisotopic (exact) mass is 219 g/mol. The van der Waals surface area contributed by atoms with Crippen LogP contribution >= 0.6 is 11.6 Å². The molecule has 1 aromatic carbocycles. The van der Waals surface area contributed by atoms with E-state index in [1.807, 2.05) is 13.0 Å². The normalized spacial score (nSPS) is 11.3. The van der Waals surface area contributed by atoms with Gasteiger partial charge in [-0.2, -0.15) is 0 Å². The number of hydrogen-bond donors (Lipinski definition) is 0. The summed E-state index contributed by atoms with van der Waals surface area (Å²) in [5, 5.41) is 1.77. The smallest absolute Gasteiger partial charge is 0.132 e. The third-order valence-electron chi connectivity index (χ3n) is 2.63. The lowest BCUT2D eigenvalue weighted by molar-refractivity contribution is 0.868. The summed E-state index contributed by atoms with van der Waals surface area (Å²) in [5.74, 6) is 0.547. The molecule has 0 aliphatic heterocycles. The summed E-state index contributed by atoms with van der Waals surface area (Å²) in [6, 6.07) is 8.44. The van der Waals surface area contributed by atoms with Crippen LogP contribution in [0.15, 0.2) is 24.3 Å². The number of aromatic nitrogens is 1. The zero-order chi connectivity index (χ0) is 11.0. The first-order valence-electron chi connectivity index (χ1n) is 5.14. The molecule has 0 amide bonds. The van der Waals surface area contributed by atoms with Gasteiger partial charge in [0.1, 0.15) is 5.15 Å². The molecule has 2 rings (SSSR count). The predicted molar refractivity (Wildman–Crippen MR) is 65.6 cm³/mol. The lowest BCUT2D eigenvalue weighted by atomic mass is 10.0. The first-order chi connectivity index (χ1) is 7.08. The molecular formula is C13H14ClN. The molecule has 0 aliphatic rings. The first kappa shape index (κ1) is 10.4. The molecule has 0 radical (unpaired) electrons. The lowest BCUT2D eigenvalue weighted by Crippen LogP contribution is -1.89. The van der Waals surface area contributed by atoms with Gasteiger partial charge in [-0.05, 0) is 42.2 Å². The minimum absolute atomic E-state index is 0.547. The largest absolute Gasteiger partial charge is 0.236 e. The molecule has 0 bridgehead atoms. The number of nitrogens with zero attached hydrogens (tertiary/aromatic N) is 1. The zero-order valence-electron chi connectivity index (χ0n) is 9.21. The van der Waals surface area contributed by atoms with Crippen molar-refractivity contribution in [2.24, 2.45) is 0 Å². The van der Waals surface area contributed by atoms with Crippen LogP contribution in [0.4, 0.5) is 0 Å². The third kappa shape index (κ3) is 1.98. The molecule has 0 aliphatic carbocycles. The second-order valence-corrected chi connectivity index (χ2v) is 4.56. The molecule has 78 valence electrons. The summed E-state index contributed by atoms with van der Waals surface area (Å²) < 4.78 is 0. The van der Waals surface area contributed by atoms with Gasteiger partial charge in [0.2, 0.25) is 0 Å². The van der Waals surface area contributed by atoms with Crippen molar-refractivity contribution in [3.8, 4) is 0 Å². The average molecular weight is 220 g/mol. The Labute approximate surface area is 95.1 Å². The average Bonchev–Trinajstić information content (AvgIpc) is 2.19. The Balaban J connectivity index is 2.66. The Kier molecular flexibility index (Phi) is 2.66. The minimum atomic E-state index is 0.547. The van der Waals surface area contributed by atoms with E-state index in [4.69, 9.17) is 11.6 Å². The highest BCUT2D eigenvalue weighted by Gasteiger charge is 2.04. The molecule has 1 heterocycles. The van der Waals surface area contributed by atoms with E-state index in [2.05, 4.69) is 37.0 Å². The fourth-order valence-corrected chi connectivity index (χ4v) is 1.78. The maximum Gasteiger partial charge on any atom is 0.132 e. The molecule has 0 saturated carbocycles. The van der Waals surface area contributed by atoms with Gasteiger partial charge < -0.3 is 0 Å². The van der Waals surface area contributed by atoms with Gasteiger partial charge in [-0.25, -0.2) is 4.98 Å². The van der Waals surface area contributed by atoms with Crippen molar-refractivity contribution in [2.75, 3.05) is 0 Å². The molecule has 0 saturated heterocycles. The van der Waals surface area contributed by atoms with Crippen LogP contribution in [0.2, 0.25) is 5.15 Å². The van der Waals surface area contributed by atoms with Gasteiger partial charge in [0.15, 0.2) is 0 Å². The van der Waals surface area contributed by atoms with E-state index in [-0.39, 0.29) is 0 Å². The Morgan fingerprint density at radius 1 is 1.20 bits per heavy atom. The fraction of sp³-hybridized carbons (Fsp3) is 0.308. The van der Waals surface area contributed by atoms with Crippen LogP contribution in [-0.2, 0) is 0 Å². The number of benzene rings is 1. The quantitative estimate of drug-likeness (QED) is 0.651. The van der Waals surface area contributed by atoms with E-state index in [1.165, 1.54) is 10.9 Å². The summed E-state index contributed by atoms with van der Waals surface area (Å²) in [7, 11) is 0. The van der Waals surface area contributed by atoms with Crippen LogP contribution in [0, 0.1) is 6.92 Å². The number of hydrogen-bond acceptors (Lipinski definition) is 1. The molecule has 0 N–H and O–H groups in total. The molecule has 0 spiro atoms. The highest BCUT2D eigenvalue weighted by molar-refractivity contribution is 6.30. The number of rotatable bonds is 1. The van der Waals surface area contributed by atoms with Crippen molar-refractivity contribution in [3.63, 3.8) is 0 Å². The molecule has 1 nitrogen and oxygen atoms in total. The standard InChI is InChI=1S/C13H14ClN/c1-8(2)10-4-5-12-11(7-10)6-9(3)13(14)15-12/h4-8H,1-3H3. The molecular weight excluding hydrogens is 206 g/mol. The van der Waals surface area contributed by atoms with Crippen molar-refractivity contribution in [3.05, 3.63) is 40.5 Å². The second-order valence-electron chi connectivity index (χ2n) is 4.20. The van der Waals surface area contributed by atoms with E-state index in [1.54, 1.807) is 0 Å². The Bertz CT molecular complexity index is 503. The van der Waals surface area contributed by atoms with Crippen LogP contribution in [-0.4, -0.2) is 4.98 Å². The first-order valence-corrected chi connectivity index (χ1v) is 5.52. The molecule has 15 heavy (non-hydrogen) atoms. The van der Waals surface area contributed by atoms with Crippen molar-refractivity contribution >= 4 is 22.5 Å². The van der Waals surface area contributed by atoms with Gasteiger partial charge >= 0.3 is 0 Å². The van der Waals surface area contributed by atoms with Crippen LogP contribution in [0.3, 0.4) is 0 Å². The van der Waals surface area contributed by atoms with Gasteiger partial charge in [-0.3, -0.25) is 0 Å². The van der Waals surface area contributed by atoms with Gasteiger partial charge in [-0.1, -0.05) is 31.5 Å². The molecule has 0 fully saturated rings. The van der Waals surface area contributed by atoms with E-state index in [0.29, 0.717) is 11.1 Å². The summed E-state index contributed by atoms with van der Waals surface area (Å²) in [6.07, 6.45) is 0. The fourth-order valence-electron chi connectivity index (χ4n) is 1.64. The predicted octanol–water partition coefficient (Wildman–Crippen LogP) is 4.32. The van der Waals surface area contributed by atoms with Gasteiger partial charge in [-0.15, -0.1) is 0 Å². The summed E-state index contributed by atoms with van der Waals surface area (Å²) in [5.41, 5.74) is 3.34. The maximum atomic E-state index is 5.98. The second kappa shape index (κ2) is 3.82. The van der Waals surface area contributed by atoms with Crippen LogP contribution in [0.25, 0.3) is 10.9 Å². The zero-order valence-corrected chi connectivity index (χ0v) is 9.97. The Hall–Kier alpha value is -1.08. The van der Waals surface area contributed by atoms with Gasteiger partial charge in [0.05, 0.1) is 5.52 Å². The van der Waals surface area contributed by atoms with Crippen LogP contribution < -0.4 is 0 Å². The van der Waals surface area contributed by atoms with Crippen molar-refractivity contribution in [1.82, 2.24) is 4.98 Å². The molecule has 0 atom stereocenters. The highest BCUT2D eigenvalue weighted by atomic mass is 35.5. The molecule has 2 aromatic rings. The molecule has 0 unspecified atom stereocenters. The van der Waals surface area contributed by atoms with Crippen molar-refractivity contribution < 1.29 is 0 Å². The number of fused-ring (bicyclic) bond motifs is 1. The lowest BCUT2D eigenvalue weighted by Gasteiger charge is -2.07. The number of halogens is 1. The van der Waals surface area contributed by atoms with Gasteiger partial charge in [0.25, 0.3) is 0 Å². The van der Waals surface area contributed by atoms with Crippen LogP contribution in [0.5, 0.6) is 0 Å². The maximum absolute atomic E-state index is 5.98. The summed E-state index contributed by atoms with van der Waals surface area (Å²) in [4.78, 5) is 4.34. The number of aryl methyl sites for hydroxylation is 1. The highest BCUT2D eigenvalue weighted by Crippen LogP contribution is 2.23. The Morgan fingerprint density at radius 3 is 2.60 bits per heavy atom. The van der Waals surface area contributed by atoms with Crippen molar-refractivity contribution in [2.45, 2.75) is 26.7 Å². The van der Waals surface area contributed by atoms with E-state index < -0.39 is 0 Å². The molecule has 1 aromatic heterocycles. The minimum Gasteiger partial charge on any atom is -0.236 e. The SMILES string of the molecule is Cc1cc2cc(C(C)C)ccc2nc1Cl. The summed E-state index contributed by atoms with van der Waals surface area (Å²) >= 11 is 5.98. The summed E-state index contributed by atoms with van der Waals surface area (Å²) in [6.45, 7) is 6.37. The Morgan fingerprint density at radius 2 is 1.93 bits per heavy atom. The van der Waals surface area contributed by atoms with E-state index in [0.717, 1.165) is 11.1 Å². The van der Waals surface area contributed by atoms with Crippen molar-refractivity contribution in [1.29, 1.82) is 0 Å². The van der Waals surface area contributed by atoms with E-state index >= 15 is 0 Å². The number of pyridine rings is 1. The van der Waals surface area contributed by atoms with Gasteiger partial charge in [0, 0.05) is 5.39 Å². The van der Waals surface area contributed by atoms with Crippen LogP contribution in [0.1, 0.15) is 30.9 Å². The topological polar surface area (TPSA) is 12.9 Å². The third-order valence-corrected chi connectivity index (χ3v) is 3.02. The van der Waals surface area contributed by atoms with E-state index in [9.17, 15) is 0 Å².